The van der Waals surface area contributed by atoms with Crippen molar-refractivity contribution in [2.24, 2.45) is 0 Å². The average Bonchev–Trinajstić information content (AvgIpc) is 3.23. The smallest absolute Gasteiger partial charge is 0.271 e. The first kappa shape index (κ1) is 20.1. The maximum absolute atomic E-state index is 12.3. The molecule has 0 fully saturated rings. The average molecular weight is 405 g/mol. The van der Waals surface area contributed by atoms with Gasteiger partial charge < -0.3 is 15.4 Å². The third kappa shape index (κ3) is 5.43. The second-order valence-corrected chi connectivity index (χ2v) is 6.81. The minimum absolute atomic E-state index is 0.172. The first-order chi connectivity index (χ1) is 14.1. The van der Waals surface area contributed by atoms with Crippen LogP contribution < -0.4 is 15.4 Å². The molecule has 0 saturated carbocycles. The number of ether oxygens (including phenoxy) is 1. The van der Waals surface area contributed by atoms with Crippen molar-refractivity contribution >= 4 is 28.8 Å². The molecule has 2 aromatic carbocycles. The summed E-state index contributed by atoms with van der Waals surface area (Å²) in [4.78, 5) is 28.7. The van der Waals surface area contributed by atoms with Crippen LogP contribution in [0, 0.1) is 12.3 Å². The number of benzene rings is 2. The number of nitrogens with one attached hydrogen (secondary N) is 2. The molecule has 0 aliphatic carbocycles. The number of nitrogens with zero attached hydrogens (tertiary/aromatic N) is 1. The van der Waals surface area contributed by atoms with Crippen LogP contribution in [0.25, 0.3) is 10.6 Å². The lowest BCUT2D eigenvalue weighted by Crippen LogP contribution is -2.33. The number of amides is 2. The van der Waals surface area contributed by atoms with E-state index in [1.807, 2.05) is 31.2 Å². The second kappa shape index (κ2) is 9.53. The molecule has 6 nitrogen and oxygen atoms in total. The highest BCUT2D eigenvalue weighted by Gasteiger charge is 2.13. The Bertz CT molecular complexity index is 1050. The van der Waals surface area contributed by atoms with Crippen molar-refractivity contribution in [2.75, 3.05) is 18.5 Å². The molecule has 2 N–H and O–H groups in total. The van der Waals surface area contributed by atoms with Gasteiger partial charge in [-0.05, 0) is 49.4 Å². The number of hydrogen-bond acceptors (Lipinski definition) is 5. The second-order valence-electron chi connectivity index (χ2n) is 5.95. The van der Waals surface area contributed by atoms with E-state index in [1.54, 1.807) is 29.6 Å². The summed E-state index contributed by atoms with van der Waals surface area (Å²) < 4.78 is 5.42. The van der Waals surface area contributed by atoms with Gasteiger partial charge in [0.15, 0.2) is 0 Å². The topological polar surface area (TPSA) is 80.3 Å². The third-order valence-corrected chi connectivity index (χ3v) is 4.76. The van der Waals surface area contributed by atoms with Crippen molar-refractivity contribution in [1.29, 1.82) is 0 Å². The molecule has 3 aromatic rings. The first-order valence-corrected chi connectivity index (χ1v) is 9.80. The summed E-state index contributed by atoms with van der Waals surface area (Å²) in [5.74, 6) is 2.52. The molecule has 0 bridgehead atoms. The van der Waals surface area contributed by atoms with Crippen LogP contribution in [0.1, 0.15) is 23.0 Å². The van der Waals surface area contributed by atoms with Gasteiger partial charge in [-0.15, -0.1) is 17.8 Å². The Hall–Kier alpha value is -3.63. The summed E-state index contributed by atoms with van der Waals surface area (Å²) in [5, 5.41) is 7.64. The summed E-state index contributed by atoms with van der Waals surface area (Å²) >= 11 is 1.36. The van der Waals surface area contributed by atoms with E-state index >= 15 is 0 Å². The summed E-state index contributed by atoms with van der Waals surface area (Å²) in [6.07, 6.45) is 5.35. The summed E-state index contributed by atoms with van der Waals surface area (Å²) in [5.41, 5.74) is 2.40. The lowest BCUT2D eigenvalue weighted by Gasteiger charge is -2.06. The zero-order valence-corrected chi connectivity index (χ0v) is 16.6. The van der Waals surface area contributed by atoms with E-state index in [0.717, 1.165) is 11.3 Å². The van der Waals surface area contributed by atoms with Crippen LogP contribution in [0.5, 0.6) is 5.75 Å². The van der Waals surface area contributed by atoms with E-state index in [2.05, 4.69) is 21.5 Å². The van der Waals surface area contributed by atoms with Gasteiger partial charge in [0.05, 0.1) is 13.2 Å². The standard InChI is InChI=1S/C22H19N3O3S/c1-3-15-6-5-7-17(12-15)24-20(26)13-23-21(27)19-14-29-22(25-19)16-8-10-18(11-9-16)28-4-2/h1,5-12,14H,4,13H2,2H3,(H,23,27)(H,24,26). The minimum Gasteiger partial charge on any atom is -0.494 e. The summed E-state index contributed by atoms with van der Waals surface area (Å²) in [6.45, 7) is 2.35. The number of anilines is 1. The van der Waals surface area contributed by atoms with Crippen molar-refractivity contribution in [3.8, 4) is 28.7 Å². The van der Waals surface area contributed by atoms with Gasteiger partial charge in [0, 0.05) is 22.2 Å². The van der Waals surface area contributed by atoms with E-state index < -0.39 is 5.91 Å². The normalized spacial score (nSPS) is 10.1. The molecular formula is C22H19N3O3S. The van der Waals surface area contributed by atoms with Gasteiger partial charge in [0.25, 0.3) is 5.91 Å². The number of terminal acetylenes is 1. The molecule has 1 aromatic heterocycles. The lowest BCUT2D eigenvalue weighted by molar-refractivity contribution is -0.115. The van der Waals surface area contributed by atoms with E-state index in [4.69, 9.17) is 11.2 Å². The van der Waals surface area contributed by atoms with Crippen LogP contribution in [0.2, 0.25) is 0 Å². The van der Waals surface area contributed by atoms with Crippen molar-refractivity contribution < 1.29 is 14.3 Å². The Morgan fingerprint density at radius 3 is 2.72 bits per heavy atom. The molecule has 2 amide bonds. The number of aromatic nitrogens is 1. The molecule has 0 aliphatic heterocycles. The first-order valence-electron chi connectivity index (χ1n) is 8.92. The highest BCUT2D eigenvalue weighted by Crippen LogP contribution is 2.25. The predicted molar refractivity (Wildman–Crippen MR) is 114 cm³/mol. The van der Waals surface area contributed by atoms with E-state index in [-0.39, 0.29) is 18.1 Å². The molecule has 1 heterocycles. The van der Waals surface area contributed by atoms with Crippen molar-refractivity contribution in [3.63, 3.8) is 0 Å². The molecule has 3 rings (SSSR count). The largest absolute Gasteiger partial charge is 0.494 e. The highest BCUT2D eigenvalue weighted by molar-refractivity contribution is 7.13. The Morgan fingerprint density at radius 1 is 1.21 bits per heavy atom. The van der Waals surface area contributed by atoms with Crippen LogP contribution in [0.15, 0.2) is 53.9 Å². The van der Waals surface area contributed by atoms with Gasteiger partial charge in [-0.2, -0.15) is 0 Å². The number of carbonyl (C=O) groups is 2. The van der Waals surface area contributed by atoms with Crippen LogP contribution in [0.3, 0.4) is 0 Å². The van der Waals surface area contributed by atoms with Crippen LogP contribution in [0.4, 0.5) is 5.69 Å². The number of thiazole rings is 1. The van der Waals surface area contributed by atoms with Crippen molar-refractivity contribution in [3.05, 3.63) is 65.2 Å². The SMILES string of the molecule is C#Cc1cccc(NC(=O)CNC(=O)c2csc(-c3ccc(OCC)cc3)n2)c1. The van der Waals surface area contributed by atoms with E-state index in [0.29, 0.717) is 22.9 Å². The number of hydrogen-bond donors (Lipinski definition) is 2. The molecule has 0 unspecified atom stereocenters. The monoisotopic (exact) mass is 405 g/mol. The molecule has 29 heavy (non-hydrogen) atoms. The molecule has 0 aliphatic rings. The molecule has 0 saturated heterocycles. The number of rotatable bonds is 7. The summed E-state index contributed by atoms with van der Waals surface area (Å²) in [7, 11) is 0. The zero-order valence-electron chi connectivity index (χ0n) is 15.8. The van der Waals surface area contributed by atoms with Gasteiger partial charge in [0.1, 0.15) is 16.5 Å². The third-order valence-electron chi connectivity index (χ3n) is 3.87. The van der Waals surface area contributed by atoms with Crippen LogP contribution in [-0.4, -0.2) is 29.9 Å². The quantitative estimate of drug-likeness (QED) is 0.589. The molecule has 0 spiro atoms. The van der Waals surface area contributed by atoms with Crippen LogP contribution >= 0.6 is 11.3 Å². The van der Waals surface area contributed by atoms with Crippen molar-refractivity contribution in [1.82, 2.24) is 10.3 Å². The zero-order chi connectivity index (χ0) is 20.6. The maximum atomic E-state index is 12.3. The van der Waals surface area contributed by atoms with Gasteiger partial charge in [-0.1, -0.05) is 12.0 Å². The van der Waals surface area contributed by atoms with Crippen LogP contribution in [-0.2, 0) is 4.79 Å². The Morgan fingerprint density at radius 2 is 2.00 bits per heavy atom. The van der Waals surface area contributed by atoms with Gasteiger partial charge >= 0.3 is 0 Å². The van der Waals surface area contributed by atoms with E-state index in [9.17, 15) is 9.59 Å². The molecule has 0 atom stereocenters. The Kier molecular flexibility index (Phi) is 6.61. The molecule has 7 heteroatoms. The minimum atomic E-state index is -0.411. The predicted octanol–water partition coefficient (Wildman–Crippen LogP) is 3.56. The van der Waals surface area contributed by atoms with Gasteiger partial charge in [0.2, 0.25) is 5.91 Å². The molecule has 146 valence electrons. The maximum Gasteiger partial charge on any atom is 0.271 e. The lowest BCUT2D eigenvalue weighted by atomic mass is 10.2. The Balaban J connectivity index is 1.56. The highest BCUT2D eigenvalue weighted by atomic mass is 32.1. The molecular weight excluding hydrogens is 386 g/mol. The fraction of sp³-hybridized carbons (Fsp3) is 0.136. The van der Waals surface area contributed by atoms with Gasteiger partial charge in [-0.3, -0.25) is 9.59 Å². The molecule has 0 radical (unpaired) electrons. The Labute approximate surface area is 172 Å². The van der Waals surface area contributed by atoms with Gasteiger partial charge in [-0.25, -0.2) is 4.98 Å². The summed E-state index contributed by atoms with van der Waals surface area (Å²) in [6, 6.07) is 14.4. The fourth-order valence-electron chi connectivity index (χ4n) is 2.51. The van der Waals surface area contributed by atoms with Crippen molar-refractivity contribution in [2.45, 2.75) is 6.92 Å². The number of carbonyl (C=O) groups excluding carboxylic acids is 2. The van der Waals surface area contributed by atoms with E-state index in [1.165, 1.54) is 11.3 Å². The fourth-order valence-corrected chi connectivity index (χ4v) is 3.32.